The van der Waals surface area contributed by atoms with Crippen molar-refractivity contribution in [3.63, 3.8) is 0 Å². The van der Waals surface area contributed by atoms with E-state index >= 15 is 0 Å². The van der Waals surface area contributed by atoms with Crippen molar-refractivity contribution in [2.75, 3.05) is 5.73 Å². The summed E-state index contributed by atoms with van der Waals surface area (Å²) in [6.45, 7) is 2.50. The molecule has 0 unspecified atom stereocenters. The Morgan fingerprint density at radius 2 is 2.11 bits per heavy atom. The number of nitrogen functional groups attached to an aromatic ring is 1. The van der Waals surface area contributed by atoms with Gasteiger partial charge in [-0.15, -0.1) is 0 Å². The number of hydrogen-bond acceptors (Lipinski definition) is 3. The van der Waals surface area contributed by atoms with Gasteiger partial charge in [0.05, 0.1) is 5.56 Å². The minimum atomic E-state index is -0.205. The fraction of sp³-hybridized carbons (Fsp3) is 0.143. The third-order valence-electron chi connectivity index (χ3n) is 2.80. The molecule has 1 aromatic carbocycles. The van der Waals surface area contributed by atoms with Gasteiger partial charge in [0.2, 0.25) is 0 Å². The van der Waals surface area contributed by atoms with Gasteiger partial charge < -0.3 is 11.1 Å². The quantitative estimate of drug-likeness (QED) is 0.862. The molecule has 1 aromatic heterocycles. The fourth-order valence-corrected chi connectivity index (χ4v) is 1.67. The van der Waals surface area contributed by atoms with E-state index in [0.29, 0.717) is 17.8 Å². The lowest BCUT2D eigenvalue weighted by Crippen LogP contribution is -2.24. The zero-order chi connectivity index (χ0) is 13.0. The van der Waals surface area contributed by atoms with Crippen LogP contribution >= 0.6 is 0 Å². The number of nitrogens with zero attached hydrogens (tertiary/aromatic N) is 1. The van der Waals surface area contributed by atoms with Gasteiger partial charge in [0, 0.05) is 24.6 Å². The standard InChI is InChI=1S/C14H15N3O/c1-10-4-2-3-5-11(10)8-17-14(18)12-9-16-7-6-13(12)15/h2-7,9H,8H2,1H3,(H2,15,16)(H,17,18). The summed E-state index contributed by atoms with van der Waals surface area (Å²) in [4.78, 5) is 15.8. The first-order valence-corrected chi connectivity index (χ1v) is 5.70. The lowest BCUT2D eigenvalue weighted by molar-refractivity contribution is 0.0951. The SMILES string of the molecule is Cc1ccccc1CNC(=O)c1cnccc1N. The summed E-state index contributed by atoms with van der Waals surface area (Å²) in [7, 11) is 0. The number of aryl methyl sites for hydroxylation is 1. The van der Waals surface area contributed by atoms with Crippen LogP contribution in [0.25, 0.3) is 0 Å². The van der Waals surface area contributed by atoms with Crippen LogP contribution in [0.3, 0.4) is 0 Å². The zero-order valence-corrected chi connectivity index (χ0v) is 10.2. The van der Waals surface area contributed by atoms with E-state index in [1.54, 1.807) is 12.3 Å². The molecule has 2 aromatic rings. The van der Waals surface area contributed by atoms with Crippen LogP contribution in [0.4, 0.5) is 5.69 Å². The van der Waals surface area contributed by atoms with E-state index in [2.05, 4.69) is 10.3 Å². The number of hydrogen-bond donors (Lipinski definition) is 2. The number of carbonyl (C=O) groups is 1. The minimum absolute atomic E-state index is 0.205. The van der Waals surface area contributed by atoms with Crippen LogP contribution in [0.1, 0.15) is 21.5 Å². The van der Waals surface area contributed by atoms with Crippen LogP contribution in [0.15, 0.2) is 42.7 Å². The molecule has 4 heteroatoms. The number of pyridine rings is 1. The molecule has 0 aliphatic rings. The average molecular weight is 241 g/mol. The van der Waals surface area contributed by atoms with Crippen molar-refractivity contribution in [3.8, 4) is 0 Å². The van der Waals surface area contributed by atoms with E-state index in [0.717, 1.165) is 11.1 Å². The van der Waals surface area contributed by atoms with Gasteiger partial charge in [-0.1, -0.05) is 24.3 Å². The second kappa shape index (κ2) is 5.31. The molecule has 3 N–H and O–H groups in total. The predicted octanol–water partition coefficient (Wildman–Crippen LogP) is 1.90. The third kappa shape index (κ3) is 2.66. The number of aromatic nitrogens is 1. The molecule has 0 radical (unpaired) electrons. The Bertz CT molecular complexity index is 566. The Morgan fingerprint density at radius 3 is 2.83 bits per heavy atom. The van der Waals surface area contributed by atoms with Crippen molar-refractivity contribution in [1.82, 2.24) is 10.3 Å². The lowest BCUT2D eigenvalue weighted by atomic mass is 10.1. The maximum absolute atomic E-state index is 11.9. The Balaban J connectivity index is 2.06. The number of nitrogens with one attached hydrogen (secondary N) is 1. The summed E-state index contributed by atoms with van der Waals surface area (Å²) < 4.78 is 0. The maximum Gasteiger partial charge on any atom is 0.255 e. The summed E-state index contributed by atoms with van der Waals surface area (Å²) in [5.41, 5.74) is 8.81. The molecule has 0 saturated heterocycles. The van der Waals surface area contributed by atoms with Gasteiger partial charge in [0.1, 0.15) is 0 Å². The number of benzene rings is 1. The van der Waals surface area contributed by atoms with E-state index in [1.807, 2.05) is 31.2 Å². The van der Waals surface area contributed by atoms with Gasteiger partial charge in [-0.05, 0) is 24.1 Å². The monoisotopic (exact) mass is 241 g/mol. The molecule has 18 heavy (non-hydrogen) atoms. The Morgan fingerprint density at radius 1 is 1.33 bits per heavy atom. The highest BCUT2D eigenvalue weighted by atomic mass is 16.1. The van der Waals surface area contributed by atoms with Crippen LogP contribution in [0, 0.1) is 6.92 Å². The molecule has 0 aliphatic heterocycles. The largest absolute Gasteiger partial charge is 0.398 e. The van der Waals surface area contributed by atoms with Gasteiger partial charge in [-0.25, -0.2) is 0 Å². The molecule has 4 nitrogen and oxygen atoms in total. The molecule has 1 heterocycles. The van der Waals surface area contributed by atoms with Gasteiger partial charge in [-0.3, -0.25) is 9.78 Å². The smallest absolute Gasteiger partial charge is 0.255 e. The molecular weight excluding hydrogens is 226 g/mol. The topological polar surface area (TPSA) is 68.0 Å². The van der Waals surface area contributed by atoms with Crippen molar-refractivity contribution in [3.05, 3.63) is 59.4 Å². The molecular formula is C14H15N3O. The summed E-state index contributed by atoms with van der Waals surface area (Å²) >= 11 is 0. The number of rotatable bonds is 3. The Labute approximate surface area is 106 Å². The van der Waals surface area contributed by atoms with Crippen LogP contribution in [0.5, 0.6) is 0 Å². The van der Waals surface area contributed by atoms with Crippen LogP contribution in [-0.2, 0) is 6.54 Å². The highest BCUT2D eigenvalue weighted by Gasteiger charge is 2.09. The molecule has 0 spiro atoms. The van der Waals surface area contributed by atoms with E-state index in [9.17, 15) is 4.79 Å². The molecule has 0 saturated carbocycles. The Hall–Kier alpha value is -2.36. The maximum atomic E-state index is 11.9. The lowest BCUT2D eigenvalue weighted by Gasteiger charge is -2.08. The first-order valence-electron chi connectivity index (χ1n) is 5.70. The molecule has 1 amide bonds. The number of nitrogens with two attached hydrogens (primary N) is 1. The number of anilines is 1. The van der Waals surface area contributed by atoms with Crippen molar-refractivity contribution >= 4 is 11.6 Å². The fourth-order valence-electron chi connectivity index (χ4n) is 1.67. The van der Waals surface area contributed by atoms with Crippen molar-refractivity contribution in [1.29, 1.82) is 0 Å². The molecule has 0 aliphatic carbocycles. The van der Waals surface area contributed by atoms with Crippen LogP contribution < -0.4 is 11.1 Å². The predicted molar refractivity (Wildman–Crippen MR) is 71.0 cm³/mol. The summed E-state index contributed by atoms with van der Waals surface area (Å²) in [5.74, 6) is -0.205. The molecule has 92 valence electrons. The van der Waals surface area contributed by atoms with Gasteiger partial charge >= 0.3 is 0 Å². The van der Waals surface area contributed by atoms with Gasteiger partial charge in [0.15, 0.2) is 0 Å². The normalized spacial score (nSPS) is 10.1. The van der Waals surface area contributed by atoms with E-state index in [4.69, 9.17) is 5.73 Å². The molecule has 0 atom stereocenters. The van der Waals surface area contributed by atoms with E-state index in [1.165, 1.54) is 6.20 Å². The minimum Gasteiger partial charge on any atom is -0.398 e. The van der Waals surface area contributed by atoms with Gasteiger partial charge in [0.25, 0.3) is 5.91 Å². The van der Waals surface area contributed by atoms with Crippen molar-refractivity contribution in [2.45, 2.75) is 13.5 Å². The van der Waals surface area contributed by atoms with Crippen LogP contribution in [0.2, 0.25) is 0 Å². The Kier molecular flexibility index (Phi) is 3.57. The van der Waals surface area contributed by atoms with Gasteiger partial charge in [-0.2, -0.15) is 0 Å². The first-order chi connectivity index (χ1) is 8.68. The van der Waals surface area contributed by atoms with Crippen LogP contribution in [-0.4, -0.2) is 10.9 Å². The van der Waals surface area contributed by atoms with Crippen molar-refractivity contribution < 1.29 is 4.79 Å². The van der Waals surface area contributed by atoms with E-state index < -0.39 is 0 Å². The molecule has 0 fully saturated rings. The summed E-state index contributed by atoms with van der Waals surface area (Å²) in [6, 6.07) is 9.54. The third-order valence-corrected chi connectivity index (χ3v) is 2.80. The van der Waals surface area contributed by atoms with E-state index in [-0.39, 0.29) is 5.91 Å². The van der Waals surface area contributed by atoms with Crippen molar-refractivity contribution in [2.24, 2.45) is 0 Å². The zero-order valence-electron chi connectivity index (χ0n) is 10.2. The average Bonchev–Trinajstić information content (AvgIpc) is 2.38. The molecule has 0 bridgehead atoms. The number of amides is 1. The highest BCUT2D eigenvalue weighted by molar-refractivity contribution is 5.98. The molecule has 2 rings (SSSR count). The second-order valence-electron chi connectivity index (χ2n) is 4.07. The number of carbonyl (C=O) groups excluding carboxylic acids is 1. The first kappa shape index (κ1) is 12.1. The summed E-state index contributed by atoms with van der Waals surface area (Å²) in [6.07, 6.45) is 3.04. The second-order valence-corrected chi connectivity index (χ2v) is 4.07. The summed E-state index contributed by atoms with van der Waals surface area (Å²) in [5, 5.41) is 2.84. The highest BCUT2D eigenvalue weighted by Crippen LogP contribution is 2.10.